The molecule has 2 aliphatic heterocycles. The molecular weight excluding hydrogens is 344 g/mol. The Hall–Kier alpha value is -1.34. The fourth-order valence-electron chi connectivity index (χ4n) is 3.23. The zero-order valence-corrected chi connectivity index (χ0v) is 15.9. The first-order chi connectivity index (χ1) is 11.2. The molecule has 0 radical (unpaired) electrons. The molecule has 130 valence electrons. The van der Waals surface area contributed by atoms with Gasteiger partial charge in [-0.05, 0) is 25.0 Å². The van der Waals surface area contributed by atoms with Crippen molar-refractivity contribution in [2.45, 2.75) is 39.0 Å². The van der Waals surface area contributed by atoms with Gasteiger partial charge in [0.05, 0.1) is 17.5 Å². The third-order valence-electron chi connectivity index (χ3n) is 4.45. The predicted molar refractivity (Wildman–Crippen MR) is 99.5 cm³/mol. The molecule has 2 atom stereocenters. The van der Waals surface area contributed by atoms with Crippen molar-refractivity contribution in [3.8, 4) is 0 Å². The number of para-hydroxylation sites is 1. The smallest absolute Gasteiger partial charge is 0.250 e. The third kappa shape index (κ3) is 3.11. The summed E-state index contributed by atoms with van der Waals surface area (Å²) in [5.74, 6) is -0.0786. The van der Waals surface area contributed by atoms with E-state index in [9.17, 15) is 13.2 Å². The van der Waals surface area contributed by atoms with Gasteiger partial charge >= 0.3 is 0 Å². The number of benzene rings is 1. The SMILES string of the molecule is Cc1cccc(C)c1N1C(=NC(=O)C(C)C)SC2CS(=O)(=O)CC21. The second-order valence-corrected chi connectivity index (χ2v) is 10.2. The van der Waals surface area contributed by atoms with Crippen LogP contribution in [0.1, 0.15) is 25.0 Å². The Bertz CT molecular complexity index is 795. The number of carbonyl (C=O) groups excluding carboxylic acids is 1. The maximum absolute atomic E-state index is 12.1. The quantitative estimate of drug-likeness (QED) is 0.805. The van der Waals surface area contributed by atoms with E-state index in [2.05, 4.69) is 4.99 Å². The minimum atomic E-state index is -3.04. The highest BCUT2D eigenvalue weighted by atomic mass is 32.2. The summed E-state index contributed by atoms with van der Waals surface area (Å²) in [7, 11) is -3.04. The average molecular weight is 367 g/mol. The van der Waals surface area contributed by atoms with Crippen LogP contribution in [0.3, 0.4) is 0 Å². The Morgan fingerprint density at radius 3 is 2.46 bits per heavy atom. The second kappa shape index (κ2) is 6.19. The van der Waals surface area contributed by atoms with Gasteiger partial charge in [-0.2, -0.15) is 4.99 Å². The summed E-state index contributed by atoms with van der Waals surface area (Å²) in [4.78, 5) is 18.5. The molecule has 1 aromatic carbocycles. The van der Waals surface area contributed by atoms with Gasteiger partial charge < -0.3 is 4.90 Å². The van der Waals surface area contributed by atoms with E-state index in [1.807, 2.05) is 50.8 Å². The number of amidine groups is 1. The maximum atomic E-state index is 12.1. The van der Waals surface area contributed by atoms with E-state index in [1.165, 1.54) is 11.8 Å². The van der Waals surface area contributed by atoms with E-state index in [4.69, 9.17) is 0 Å². The Balaban J connectivity index is 2.10. The van der Waals surface area contributed by atoms with Gasteiger partial charge in [-0.25, -0.2) is 8.42 Å². The predicted octanol–water partition coefficient (Wildman–Crippen LogP) is 2.56. The lowest BCUT2D eigenvalue weighted by molar-refractivity contribution is -0.120. The van der Waals surface area contributed by atoms with Crippen LogP contribution in [0.4, 0.5) is 5.69 Å². The Morgan fingerprint density at radius 2 is 1.88 bits per heavy atom. The molecule has 2 fully saturated rings. The third-order valence-corrected chi connectivity index (χ3v) is 7.66. The van der Waals surface area contributed by atoms with Crippen LogP contribution in [-0.4, -0.2) is 42.3 Å². The molecule has 24 heavy (non-hydrogen) atoms. The zero-order chi connectivity index (χ0) is 17.6. The molecule has 2 unspecified atom stereocenters. The summed E-state index contributed by atoms with van der Waals surface area (Å²) in [5, 5.41) is 0.573. The number of anilines is 1. The molecule has 2 heterocycles. The number of carbonyl (C=O) groups is 1. The number of aliphatic imine (C=N–C) groups is 1. The number of amides is 1. The first kappa shape index (κ1) is 17.5. The lowest BCUT2D eigenvalue weighted by Gasteiger charge is -2.28. The van der Waals surface area contributed by atoms with Crippen LogP contribution in [0.15, 0.2) is 23.2 Å². The minimum Gasteiger partial charge on any atom is -0.315 e. The fourth-order valence-corrected chi connectivity index (χ4v) is 7.14. The molecule has 7 heteroatoms. The van der Waals surface area contributed by atoms with Crippen LogP contribution in [0.25, 0.3) is 0 Å². The van der Waals surface area contributed by atoms with Crippen LogP contribution in [0.2, 0.25) is 0 Å². The highest BCUT2D eigenvalue weighted by molar-refractivity contribution is 8.16. The second-order valence-electron chi connectivity index (χ2n) is 6.80. The highest BCUT2D eigenvalue weighted by Gasteiger charge is 2.49. The maximum Gasteiger partial charge on any atom is 0.250 e. The average Bonchev–Trinajstić information content (AvgIpc) is 2.91. The topological polar surface area (TPSA) is 66.8 Å². The summed E-state index contributed by atoms with van der Waals surface area (Å²) < 4.78 is 24.2. The molecule has 0 spiro atoms. The van der Waals surface area contributed by atoms with Gasteiger partial charge in [-0.15, -0.1) is 0 Å². The lowest BCUT2D eigenvalue weighted by atomic mass is 10.1. The summed E-state index contributed by atoms with van der Waals surface area (Å²) in [5.41, 5.74) is 3.10. The normalized spacial score (nSPS) is 27.0. The number of nitrogens with zero attached hydrogens (tertiary/aromatic N) is 2. The molecule has 0 aliphatic carbocycles. The number of rotatable bonds is 2. The number of thioether (sulfide) groups is 1. The molecule has 0 aromatic heterocycles. The first-order valence-corrected chi connectivity index (χ1v) is 10.7. The first-order valence-electron chi connectivity index (χ1n) is 8.04. The lowest BCUT2D eigenvalue weighted by Crippen LogP contribution is -2.38. The van der Waals surface area contributed by atoms with Crippen LogP contribution >= 0.6 is 11.8 Å². The van der Waals surface area contributed by atoms with E-state index >= 15 is 0 Å². The number of aryl methyl sites for hydroxylation is 2. The van der Waals surface area contributed by atoms with Crippen molar-refractivity contribution in [2.24, 2.45) is 10.9 Å². The molecule has 1 amide bonds. The van der Waals surface area contributed by atoms with E-state index in [0.717, 1.165) is 16.8 Å². The molecule has 0 bridgehead atoms. The summed E-state index contributed by atoms with van der Waals surface area (Å²) in [6.07, 6.45) is 0. The molecule has 2 saturated heterocycles. The number of hydrogen-bond donors (Lipinski definition) is 0. The van der Waals surface area contributed by atoms with Crippen molar-refractivity contribution in [1.29, 1.82) is 0 Å². The standard InChI is InChI=1S/C17H22N2O3S2/c1-10(2)16(20)18-17-19(15-11(3)6-5-7-12(15)4)13-8-24(21,22)9-14(13)23-17/h5-7,10,13-14H,8-9H2,1-4H3. The highest BCUT2D eigenvalue weighted by Crippen LogP contribution is 2.43. The van der Waals surface area contributed by atoms with Gasteiger partial charge in [0.1, 0.15) is 0 Å². The van der Waals surface area contributed by atoms with E-state index in [1.54, 1.807) is 0 Å². The van der Waals surface area contributed by atoms with E-state index in [-0.39, 0.29) is 34.6 Å². The summed E-state index contributed by atoms with van der Waals surface area (Å²) in [6, 6.07) is 5.84. The van der Waals surface area contributed by atoms with Crippen molar-refractivity contribution >= 4 is 38.4 Å². The van der Waals surface area contributed by atoms with Crippen molar-refractivity contribution < 1.29 is 13.2 Å². The van der Waals surface area contributed by atoms with Gasteiger partial charge in [-0.1, -0.05) is 43.8 Å². The Labute approximate surface area is 147 Å². The molecular formula is C17H22N2O3S2. The van der Waals surface area contributed by atoms with E-state index in [0.29, 0.717) is 5.17 Å². The summed E-state index contributed by atoms with van der Waals surface area (Å²) >= 11 is 1.43. The van der Waals surface area contributed by atoms with E-state index < -0.39 is 9.84 Å². The van der Waals surface area contributed by atoms with Crippen molar-refractivity contribution in [1.82, 2.24) is 0 Å². The van der Waals surface area contributed by atoms with Crippen LogP contribution < -0.4 is 4.90 Å². The Morgan fingerprint density at radius 1 is 1.25 bits per heavy atom. The molecule has 0 saturated carbocycles. The Kier molecular flexibility index (Phi) is 4.51. The number of sulfone groups is 1. The molecule has 2 aliphatic rings. The van der Waals surface area contributed by atoms with Crippen molar-refractivity contribution in [3.63, 3.8) is 0 Å². The van der Waals surface area contributed by atoms with Gasteiger partial charge in [0, 0.05) is 16.9 Å². The van der Waals surface area contributed by atoms with Crippen LogP contribution in [0, 0.1) is 19.8 Å². The largest absolute Gasteiger partial charge is 0.315 e. The molecule has 1 aromatic rings. The summed E-state index contributed by atoms with van der Waals surface area (Å²) in [6.45, 7) is 7.65. The minimum absolute atomic E-state index is 0.0623. The van der Waals surface area contributed by atoms with Gasteiger partial charge in [0.2, 0.25) is 0 Å². The number of hydrogen-bond acceptors (Lipinski definition) is 4. The molecule has 0 N–H and O–H groups in total. The van der Waals surface area contributed by atoms with Gasteiger partial charge in [0.15, 0.2) is 15.0 Å². The van der Waals surface area contributed by atoms with Gasteiger partial charge in [-0.3, -0.25) is 4.79 Å². The molecule has 5 nitrogen and oxygen atoms in total. The van der Waals surface area contributed by atoms with Gasteiger partial charge in [0.25, 0.3) is 5.91 Å². The fraction of sp³-hybridized carbons (Fsp3) is 0.529. The van der Waals surface area contributed by atoms with Crippen molar-refractivity contribution in [2.75, 3.05) is 16.4 Å². The monoisotopic (exact) mass is 366 g/mol. The van der Waals surface area contributed by atoms with Crippen LogP contribution in [-0.2, 0) is 14.6 Å². The number of fused-ring (bicyclic) bond motifs is 1. The van der Waals surface area contributed by atoms with Crippen molar-refractivity contribution in [3.05, 3.63) is 29.3 Å². The zero-order valence-electron chi connectivity index (χ0n) is 14.3. The van der Waals surface area contributed by atoms with Crippen LogP contribution in [0.5, 0.6) is 0 Å². The molecule has 3 rings (SSSR count).